The second-order valence-corrected chi connectivity index (χ2v) is 24.4. The van der Waals surface area contributed by atoms with Crippen LogP contribution in [0.3, 0.4) is 0 Å². The summed E-state index contributed by atoms with van der Waals surface area (Å²) in [6, 6.07) is 0. The molecule has 39 heteroatoms. The molecule has 0 atom stereocenters. The number of aliphatic hydroxyl groups excluding tert-OH is 2. The molecule has 0 amide bonds. The zero-order chi connectivity index (χ0) is 64.2. The van der Waals surface area contributed by atoms with E-state index in [1.54, 1.807) is 32.6 Å². The second-order valence-electron chi connectivity index (χ2n) is 16.9. The topological polar surface area (TPSA) is 392 Å². The lowest BCUT2D eigenvalue weighted by Crippen LogP contribution is -1.99. The average Bonchev–Trinajstić information content (AvgIpc) is 4.43. The van der Waals surface area contributed by atoms with Gasteiger partial charge in [0, 0.05) is 121 Å². The largest absolute Gasteiger partial charge is 0.390 e. The van der Waals surface area contributed by atoms with Crippen LogP contribution in [0, 0.1) is 11.1 Å². The molecule has 0 spiro atoms. The molecule has 5 rings (SSSR count). The molecule has 0 saturated carbocycles. The number of nitrogens with one attached hydrogen (secondary N) is 2. The van der Waals surface area contributed by atoms with Crippen LogP contribution in [0.2, 0.25) is 0 Å². The lowest BCUT2D eigenvalue weighted by Gasteiger charge is -1.97. The second kappa shape index (κ2) is 71.7. The van der Waals surface area contributed by atoms with Crippen molar-refractivity contribution in [1.29, 1.82) is 11.1 Å². The van der Waals surface area contributed by atoms with Gasteiger partial charge in [0.2, 0.25) is 9.82 Å². The van der Waals surface area contributed by atoms with Crippen molar-refractivity contribution in [2.45, 2.75) is 166 Å². The van der Waals surface area contributed by atoms with Gasteiger partial charge in [-0.3, -0.25) is 23.4 Å². The van der Waals surface area contributed by atoms with Gasteiger partial charge in [0.05, 0.1) is 49.2 Å². The Hall–Kier alpha value is -2.34. The molecule has 4 N–H and O–H groups in total. The Morgan fingerprint density at radius 3 is 0.860 bits per heavy atom. The van der Waals surface area contributed by atoms with Gasteiger partial charge in [0.25, 0.3) is 0 Å². The van der Waals surface area contributed by atoms with Crippen LogP contribution in [0.15, 0.2) is 51.4 Å². The number of alkyl halides is 10. The highest BCUT2D eigenvalue weighted by Gasteiger charge is 2.02. The SMILES string of the molecule is BrCCCCBr.BrCCCCn1cc(CBr)nn1.BrCCCCn1cc(CBr)nn1.N=[N+]=NCCCCBr.N=[N+]=NCCCCBr.OCc1cn(CCCCBr)nn1.OCc1cn(CCCCBr)nn1.[N-]=[N+]=NCCCCn1cc(CN=[N+]=[N-])nn1. The van der Waals surface area contributed by atoms with Crippen LogP contribution < -0.4 is 9.82 Å². The molecule has 0 aliphatic rings. The minimum absolute atomic E-state index is 0.0293. The lowest BCUT2D eigenvalue weighted by molar-refractivity contribution is 0.276. The van der Waals surface area contributed by atoms with Crippen LogP contribution >= 0.6 is 159 Å². The van der Waals surface area contributed by atoms with E-state index in [0.29, 0.717) is 43.3 Å². The molecule has 5 aromatic heterocycles. The van der Waals surface area contributed by atoms with Crippen molar-refractivity contribution in [3.8, 4) is 0 Å². The first kappa shape index (κ1) is 87.9. The summed E-state index contributed by atoms with van der Waals surface area (Å²) in [5, 5.41) is 80.0. The van der Waals surface area contributed by atoms with Crippen molar-refractivity contribution in [2.24, 2.45) is 20.5 Å². The highest BCUT2D eigenvalue weighted by atomic mass is 79.9. The fourth-order valence-electron chi connectivity index (χ4n) is 5.50. The first-order valence-electron chi connectivity index (χ1n) is 27.4. The zero-order valence-electron chi connectivity index (χ0n) is 48.4. The minimum Gasteiger partial charge on any atom is -0.390 e. The number of unbranched alkanes of at least 4 members (excludes halogenated alkanes) is 8. The number of halogens is 10. The number of hydrogen-bond acceptors (Lipinski definition) is 18. The molecule has 0 saturated heterocycles. The number of aliphatic hydroxyl groups is 2. The Morgan fingerprint density at radius 2 is 0.593 bits per heavy atom. The van der Waals surface area contributed by atoms with E-state index < -0.39 is 0 Å². The van der Waals surface area contributed by atoms with E-state index in [9.17, 15) is 0 Å². The van der Waals surface area contributed by atoms with Gasteiger partial charge < -0.3 is 10.2 Å². The van der Waals surface area contributed by atoms with Crippen molar-refractivity contribution in [1.82, 2.24) is 84.8 Å². The van der Waals surface area contributed by atoms with Crippen LogP contribution in [0.4, 0.5) is 0 Å². The number of aromatic nitrogens is 15. The molecular weight excluding hydrogens is 1770 g/mol. The van der Waals surface area contributed by atoms with Gasteiger partial charge in [0.1, 0.15) is 45.8 Å². The van der Waals surface area contributed by atoms with E-state index in [2.05, 4.69) is 251 Å². The van der Waals surface area contributed by atoms with E-state index >= 15 is 0 Å². The first-order valence-corrected chi connectivity index (χ1v) is 38.6. The highest BCUT2D eigenvalue weighted by molar-refractivity contribution is 9.10. The normalized spacial score (nSPS) is 9.72. The smallest absolute Gasteiger partial charge is 0.214 e. The summed E-state index contributed by atoms with van der Waals surface area (Å²) in [7, 11) is 0. The molecule has 5 aromatic rings. The molecule has 0 fully saturated rings. The maximum Gasteiger partial charge on any atom is 0.214 e. The Balaban J connectivity index is -0.000000929. The van der Waals surface area contributed by atoms with Crippen molar-refractivity contribution >= 4 is 159 Å². The number of nitrogens with zero attached hydrogens (tertiary/aromatic N) is 25. The molecule has 29 nitrogen and oxygen atoms in total. The van der Waals surface area contributed by atoms with Gasteiger partial charge in [-0.05, 0) is 114 Å². The Bertz CT molecular complexity index is 2220. The van der Waals surface area contributed by atoms with Crippen molar-refractivity contribution < 1.29 is 10.2 Å². The molecule has 0 bridgehead atoms. The maximum absolute atomic E-state index is 8.70. The van der Waals surface area contributed by atoms with E-state index in [4.69, 9.17) is 32.3 Å². The van der Waals surface area contributed by atoms with Crippen LogP contribution in [-0.4, -0.2) is 147 Å². The summed E-state index contributed by atoms with van der Waals surface area (Å²) in [5.74, 6) is 0. The van der Waals surface area contributed by atoms with Crippen LogP contribution in [0.25, 0.3) is 20.9 Å². The molecule has 0 unspecified atom stereocenters. The van der Waals surface area contributed by atoms with Gasteiger partial charge in [-0.2, -0.15) is 0 Å². The minimum atomic E-state index is -0.0293. The maximum atomic E-state index is 8.70. The van der Waals surface area contributed by atoms with Gasteiger partial charge in [0.15, 0.2) is 0 Å². The summed E-state index contributed by atoms with van der Waals surface area (Å²) in [5.41, 5.74) is 32.7. The molecule has 0 aliphatic heterocycles. The molecule has 0 aliphatic carbocycles. The Labute approximate surface area is 588 Å². The Morgan fingerprint density at radius 1 is 0.349 bits per heavy atom. The predicted molar refractivity (Wildman–Crippen MR) is 373 cm³/mol. The molecule has 86 heavy (non-hydrogen) atoms. The van der Waals surface area contributed by atoms with E-state index in [0.717, 1.165) is 168 Å². The third-order valence-corrected chi connectivity index (χ3v) is 15.4. The van der Waals surface area contributed by atoms with Crippen molar-refractivity contribution in [3.63, 3.8) is 0 Å². The summed E-state index contributed by atoms with van der Waals surface area (Å²) in [6.07, 6.45) is 26.8. The van der Waals surface area contributed by atoms with Gasteiger partial charge in [-0.25, -0.2) is 0 Å². The summed E-state index contributed by atoms with van der Waals surface area (Å²) in [4.78, 5) is 11.0. The van der Waals surface area contributed by atoms with Gasteiger partial charge >= 0.3 is 0 Å². The summed E-state index contributed by atoms with van der Waals surface area (Å²) >= 11 is 33.4. The van der Waals surface area contributed by atoms with Gasteiger partial charge in [-0.15, -0.1) is 25.5 Å². The molecule has 486 valence electrons. The fourth-order valence-corrected chi connectivity index (χ4v) is 9.19. The third-order valence-electron chi connectivity index (χ3n) is 9.81. The predicted octanol–water partition coefficient (Wildman–Crippen LogP) is 14.7. The number of azide groups is 2. The third kappa shape index (κ3) is 59.3. The van der Waals surface area contributed by atoms with Crippen molar-refractivity contribution in [2.75, 3.05) is 62.3 Å². The molecule has 5 heterocycles. The first-order chi connectivity index (χ1) is 42.1. The summed E-state index contributed by atoms with van der Waals surface area (Å²) in [6.45, 7) is 6.42. The standard InChI is InChI=1S/2C7H11Br2N3.2C7H12BrN3O.C7H11N9.C4H8Br2.2C4H9BrN3/c2*8-3-1-2-4-12-6-7(5-9)10-11-12;2*8-3-1-2-4-11-5-7(6-12)9-10-11;8-13-10-3-1-2-4-16-6-7(12-15-16)5-11-14-9;5-3-1-2-4-6;2*5-3-1-2-4-7-8-6/h2*6H,1-5H2;2*5,12H,1-4,6H2;6H,1-5H2;1-4H2;2*6H,1-4H2/q;;;;;;2*+1. The lowest BCUT2D eigenvalue weighted by atomic mass is 10.3. The monoisotopic (exact) mass is 1850 g/mol. The van der Waals surface area contributed by atoms with E-state index in [1.165, 1.54) is 25.7 Å². The quantitative estimate of drug-likeness (QED) is 0.00942. The zero-order valence-corrected chi connectivity index (χ0v) is 64.3. The van der Waals surface area contributed by atoms with Crippen molar-refractivity contribution in [3.05, 3.63) is 80.3 Å². The average molecular weight is 1860 g/mol. The number of hydrogen-bond donors (Lipinski definition) is 4. The van der Waals surface area contributed by atoms with E-state index in [-0.39, 0.29) is 19.8 Å². The highest BCUT2D eigenvalue weighted by Crippen LogP contribution is 2.05. The van der Waals surface area contributed by atoms with Gasteiger partial charge in [-0.1, -0.05) is 196 Å². The molecule has 0 aromatic carbocycles. The molecular formula is C47H83Br10N27O2+2. The van der Waals surface area contributed by atoms with Crippen LogP contribution in [0.5, 0.6) is 0 Å². The Kier molecular flexibility index (Phi) is 73.3. The number of rotatable bonds is 38. The number of aryl methyl sites for hydroxylation is 5. The fraction of sp³-hybridized carbons (Fsp3) is 0.787. The van der Waals surface area contributed by atoms with E-state index in [1.807, 2.05) is 21.8 Å². The van der Waals surface area contributed by atoms with Crippen LogP contribution in [-0.2, 0) is 63.1 Å². The summed E-state index contributed by atoms with van der Waals surface area (Å²) < 4.78 is 8.97. The molecule has 0 radical (unpaired) electrons. The van der Waals surface area contributed by atoms with Crippen LogP contribution in [0.1, 0.15) is 131 Å².